The summed E-state index contributed by atoms with van der Waals surface area (Å²) in [4.78, 5) is 20.3. The minimum absolute atomic E-state index is 0.0661. The van der Waals surface area contributed by atoms with Crippen LogP contribution < -0.4 is 15.8 Å². The van der Waals surface area contributed by atoms with Gasteiger partial charge in [0.2, 0.25) is 11.7 Å². The molecular weight excluding hydrogens is 369 g/mol. The largest absolute Gasteiger partial charge is 0.574 e. The predicted molar refractivity (Wildman–Crippen MR) is 90.6 cm³/mol. The first-order chi connectivity index (χ1) is 12.3. The van der Waals surface area contributed by atoms with E-state index in [1.807, 2.05) is 0 Å². The van der Waals surface area contributed by atoms with E-state index < -0.39 is 12.2 Å². The number of hydrogen-bond donors (Lipinski definition) is 2. The second-order valence-electron chi connectivity index (χ2n) is 4.99. The topological polar surface area (TPSA) is 90.1 Å². The van der Waals surface area contributed by atoms with Crippen LogP contribution in [0.1, 0.15) is 15.2 Å². The van der Waals surface area contributed by atoms with Crippen molar-refractivity contribution in [3.63, 3.8) is 0 Å². The molecule has 6 nitrogen and oxygen atoms in total. The van der Waals surface area contributed by atoms with Gasteiger partial charge in [0.25, 0.3) is 0 Å². The highest BCUT2D eigenvalue weighted by Crippen LogP contribution is 2.30. The number of nitrogens with zero attached hydrogens (tertiary/aromatic N) is 2. The number of benzene rings is 1. The average Bonchev–Trinajstić information content (AvgIpc) is 2.96. The summed E-state index contributed by atoms with van der Waals surface area (Å²) in [6, 6.07) is 11.0. The molecule has 10 heteroatoms. The Kier molecular flexibility index (Phi) is 4.76. The zero-order valence-corrected chi connectivity index (χ0v) is 13.8. The number of carbonyl (C=O) groups excluding carboxylic acids is 1. The molecule has 3 N–H and O–H groups in total. The van der Waals surface area contributed by atoms with Crippen molar-refractivity contribution in [2.75, 3.05) is 11.1 Å². The minimum Gasteiger partial charge on any atom is -0.388 e. The van der Waals surface area contributed by atoms with E-state index in [0.717, 1.165) is 23.6 Å². The van der Waals surface area contributed by atoms with E-state index in [4.69, 9.17) is 5.73 Å². The highest BCUT2D eigenvalue weighted by Gasteiger charge is 2.31. The van der Waals surface area contributed by atoms with Crippen LogP contribution in [0.4, 0.5) is 29.8 Å². The maximum absolute atomic E-state index is 12.4. The number of aromatic nitrogens is 2. The molecule has 1 aromatic carbocycles. The third-order valence-electron chi connectivity index (χ3n) is 3.10. The molecule has 0 saturated carbocycles. The van der Waals surface area contributed by atoms with Gasteiger partial charge in [-0.25, -0.2) is 9.97 Å². The van der Waals surface area contributed by atoms with Gasteiger partial charge in [0.1, 0.15) is 10.7 Å². The highest BCUT2D eigenvalue weighted by molar-refractivity contribution is 7.18. The lowest BCUT2D eigenvalue weighted by atomic mass is 10.1. The fourth-order valence-electron chi connectivity index (χ4n) is 2.03. The summed E-state index contributed by atoms with van der Waals surface area (Å²) in [6.07, 6.45) is -3.66. The number of anilines is 3. The van der Waals surface area contributed by atoms with E-state index in [0.29, 0.717) is 16.4 Å². The molecule has 26 heavy (non-hydrogen) atoms. The zero-order valence-electron chi connectivity index (χ0n) is 12.9. The first-order valence-electron chi connectivity index (χ1n) is 7.17. The van der Waals surface area contributed by atoms with Crippen molar-refractivity contribution in [1.82, 2.24) is 9.97 Å². The van der Waals surface area contributed by atoms with Crippen LogP contribution in [0.3, 0.4) is 0 Å². The van der Waals surface area contributed by atoms with Gasteiger partial charge in [0.15, 0.2) is 5.13 Å². The van der Waals surface area contributed by atoms with Crippen molar-refractivity contribution in [1.29, 1.82) is 0 Å². The summed E-state index contributed by atoms with van der Waals surface area (Å²) >= 11 is 1.04. The first-order valence-corrected chi connectivity index (χ1v) is 7.98. The van der Waals surface area contributed by atoms with Crippen molar-refractivity contribution >= 4 is 33.8 Å². The van der Waals surface area contributed by atoms with Crippen LogP contribution >= 0.6 is 11.3 Å². The number of hydrogen-bond acceptors (Lipinski definition) is 7. The van der Waals surface area contributed by atoms with Crippen LogP contribution in [-0.2, 0) is 0 Å². The van der Waals surface area contributed by atoms with Crippen molar-refractivity contribution in [3.05, 3.63) is 59.1 Å². The summed E-state index contributed by atoms with van der Waals surface area (Å²) < 4.78 is 40.1. The standard InChI is InChI=1S/C16H11F3N4O2S/c17-16(18,19)25-11-7-6-10(8-21-11)22-15-23-14(20)13(26-15)12(24)9-4-2-1-3-5-9/h1-8H,20H2,(H,22,23). The minimum atomic E-state index is -4.81. The quantitative estimate of drug-likeness (QED) is 0.651. The number of halogens is 3. The summed E-state index contributed by atoms with van der Waals surface area (Å²) in [7, 11) is 0. The molecular formula is C16H11F3N4O2S. The Morgan fingerprint density at radius 3 is 2.50 bits per heavy atom. The Morgan fingerprint density at radius 2 is 1.88 bits per heavy atom. The Balaban J connectivity index is 1.74. The van der Waals surface area contributed by atoms with Gasteiger partial charge in [-0.1, -0.05) is 41.7 Å². The van der Waals surface area contributed by atoms with Gasteiger partial charge in [0.05, 0.1) is 11.9 Å². The molecule has 0 spiro atoms. The number of nitrogen functional groups attached to an aromatic ring is 1. The summed E-state index contributed by atoms with van der Waals surface area (Å²) in [5, 5.41) is 3.15. The Hall–Kier alpha value is -3.14. The molecule has 0 saturated heterocycles. The average molecular weight is 380 g/mol. The fraction of sp³-hybridized carbons (Fsp3) is 0.0625. The van der Waals surface area contributed by atoms with Crippen LogP contribution in [0.2, 0.25) is 0 Å². The summed E-state index contributed by atoms with van der Waals surface area (Å²) in [5.74, 6) is -0.779. The third kappa shape index (κ3) is 4.28. The zero-order chi connectivity index (χ0) is 18.7. The molecule has 0 fully saturated rings. The maximum atomic E-state index is 12.4. The summed E-state index contributed by atoms with van der Waals surface area (Å²) in [5.41, 5.74) is 6.65. The lowest BCUT2D eigenvalue weighted by Crippen LogP contribution is -2.17. The third-order valence-corrected chi connectivity index (χ3v) is 4.09. The van der Waals surface area contributed by atoms with E-state index in [-0.39, 0.29) is 16.5 Å². The number of pyridine rings is 1. The van der Waals surface area contributed by atoms with Gasteiger partial charge in [-0.3, -0.25) is 4.79 Å². The molecule has 0 amide bonds. The maximum Gasteiger partial charge on any atom is 0.574 e. The smallest absolute Gasteiger partial charge is 0.388 e. The lowest BCUT2D eigenvalue weighted by Gasteiger charge is -2.08. The SMILES string of the molecule is Nc1nc(Nc2ccc(OC(F)(F)F)nc2)sc1C(=O)c1ccccc1. The molecule has 0 radical (unpaired) electrons. The lowest BCUT2D eigenvalue weighted by molar-refractivity contribution is -0.276. The Bertz CT molecular complexity index is 911. The molecule has 0 aliphatic heterocycles. The molecule has 0 unspecified atom stereocenters. The number of carbonyl (C=O) groups is 1. The van der Waals surface area contributed by atoms with E-state index in [1.165, 1.54) is 6.07 Å². The predicted octanol–water partition coefficient (Wildman–Crippen LogP) is 3.99. The van der Waals surface area contributed by atoms with Crippen molar-refractivity contribution in [2.45, 2.75) is 6.36 Å². The van der Waals surface area contributed by atoms with Crippen LogP contribution in [0.25, 0.3) is 0 Å². The van der Waals surface area contributed by atoms with Crippen LogP contribution in [0.15, 0.2) is 48.7 Å². The molecule has 2 heterocycles. The van der Waals surface area contributed by atoms with Crippen LogP contribution in [0.5, 0.6) is 5.88 Å². The molecule has 0 aliphatic rings. The number of nitrogens with two attached hydrogens (primary N) is 1. The summed E-state index contributed by atoms with van der Waals surface area (Å²) in [6.45, 7) is 0. The number of thiazole rings is 1. The van der Waals surface area contributed by atoms with Crippen LogP contribution in [0, 0.1) is 0 Å². The van der Waals surface area contributed by atoms with Crippen molar-refractivity contribution in [3.8, 4) is 5.88 Å². The van der Waals surface area contributed by atoms with Crippen LogP contribution in [-0.4, -0.2) is 22.1 Å². The second-order valence-corrected chi connectivity index (χ2v) is 5.99. The number of nitrogens with one attached hydrogen (secondary N) is 1. The normalized spacial score (nSPS) is 11.2. The number of rotatable bonds is 5. The first kappa shape index (κ1) is 17.7. The van der Waals surface area contributed by atoms with E-state index >= 15 is 0 Å². The number of ether oxygens (including phenoxy) is 1. The Labute approximate surface area is 149 Å². The van der Waals surface area contributed by atoms with E-state index in [2.05, 4.69) is 20.0 Å². The highest BCUT2D eigenvalue weighted by atomic mass is 32.1. The number of ketones is 1. The van der Waals surface area contributed by atoms with Gasteiger partial charge in [-0.2, -0.15) is 0 Å². The van der Waals surface area contributed by atoms with Gasteiger partial charge in [0, 0.05) is 11.6 Å². The fourth-order valence-corrected chi connectivity index (χ4v) is 2.89. The van der Waals surface area contributed by atoms with Crippen molar-refractivity contribution < 1.29 is 22.7 Å². The van der Waals surface area contributed by atoms with Gasteiger partial charge in [-0.05, 0) is 6.07 Å². The van der Waals surface area contributed by atoms with E-state index in [9.17, 15) is 18.0 Å². The Morgan fingerprint density at radius 1 is 1.15 bits per heavy atom. The molecule has 0 bridgehead atoms. The molecule has 0 aliphatic carbocycles. The molecule has 134 valence electrons. The van der Waals surface area contributed by atoms with Crippen molar-refractivity contribution in [2.24, 2.45) is 0 Å². The molecule has 0 atom stereocenters. The van der Waals surface area contributed by atoms with Gasteiger partial charge in [-0.15, -0.1) is 13.2 Å². The molecule has 3 aromatic rings. The van der Waals surface area contributed by atoms with E-state index in [1.54, 1.807) is 30.3 Å². The van der Waals surface area contributed by atoms with Gasteiger partial charge < -0.3 is 15.8 Å². The van der Waals surface area contributed by atoms with Gasteiger partial charge >= 0.3 is 6.36 Å². The second kappa shape index (κ2) is 7.00. The monoisotopic (exact) mass is 380 g/mol. The number of alkyl halides is 3. The molecule has 2 aromatic heterocycles. The molecule has 3 rings (SSSR count).